The van der Waals surface area contributed by atoms with Crippen LogP contribution in [-0.4, -0.2) is 21.7 Å². The van der Waals surface area contributed by atoms with E-state index in [2.05, 4.69) is 24.0 Å². The Morgan fingerprint density at radius 2 is 2.29 bits per heavy atom. The molecule has 0 atom stereocenters. The van der Waals surface area contributed by atoms with Crippen LogP contribution in [0.5, 0.6) is 0 Å². The van der Waals surface area contributed by atoms with Crippen LogP contribution in [0.25, 0.3) is 0 Å². The quantitative estimate of drug-likeness (QED) is 0.835. The molecule has 1 aromatic carbocycles. The molecule has 0 radical (unpaired) electrons. The van der Waals surface area contributed by atoms with E-state index in [9.17, 15) is 0 Å². The van der Waals surface area contributed by atoms with Crippen molar-refractivity contribution in [3.05, 3.63) is 29.8 Å². The average molecular weight is 265 g/mol. The van der Waals surface area contributed by atoms with Gasteiger partial charge in [0.25, 0.3) is 0 Å². The van der Waals surface area contributed by atoms with E-state index in [4.69, 9.17) is 18.0 Å². The van der Waals surface area contributed by atoms with Gasteiger partial charge < -0.3 is 5.73 Å². The Bertz CT molecular complexity index is 457. The SMILES string of the molecule is CCCN(C(N)=S)C1=NCc2ccccc2S1. The fourth-order valence-electron chi connectivity index (χ4n) is 1.68. The Morgan fingerprint density at radius 3 is 3.00 bits per heavy atom. The maximum atomic E-state index is 5.74. The third-order valence-electron chi connectivity index (χ3n) is 2.50. The van der Waals surface area contributed by atoms with Crippen molar-refractivity contribution in [1.82, 2.24) is 4.90 Å². The van der Waals surface area contributed by atoms with Crippen molar-refractivity contribution in [2.45, 2.75) is 24.8 Å². The minimum absolute atomic E-state index is 0.400. The second-order valence-corrected chi connectivity index (χ2v) is 5.23. The lowest BCUT2D eigenvalue weighted by Crippen LogP contribution is -2.40. The third-order valence-corrected chi connectivity index (χ3v) is 3.87. The fourth-order valence-corrected chi connectivity index (χ4v) is 2.95. The van der Waals surface area contributed by atoms with Crippen molar-refractivity contribution in [2.75, 3.05) is 6.54 Å². The summed E-state index contributed by atoms with van der Waals surface area (Å²) in [5, 5.41) is 1.32. The van der Waals surface area contributed by atoms with Crippen molar-refractivity contribution in [1.29, 1.82) is 0 Å². The van der Waals surface area contributed by atoms with Gasteiger partial charge in [-0.05, 0) is 30.3 Å². The monoisotopic (exact) mass is 265 g/mol. The number of benzene rings is 1. The molecule has 0 unspecified atom stereocenters. The van der Waals surface area contributed by atoms with Gasteiger partial charge >= 0.3 is 0 Å². The first kappa shape index (κ1) is 12.4. The van der Waals surface area contributed by atoms with E-state index in [1.807, 2.05) is 17.0 Å². The van der Waals surface area contributed by atoms with E-state index < -0.39 is 0 Å². The lowest BCUT2D eigenvalue weighted by Gasteiger charge is -2.26. The first-order chi connectivity index (χ1) is 8.22. The van der Waals surface area contributed by atoms with Gasteiger partial charge in [-0.1, -0.05) is 36.9 Å². The van der Waals surface area contributed by atoms with Gasteiger partial charge in [0.2, 0.25) is 0 Å². The number of hydrogen-bond acceptors (Lipinski definition) is 3. The summed E-state index contributed by atoms with van der Waals surface area (Å²) in [6.45, 7) is 3.64. The zero-order valence-corrected chi connectivity index (χ0v) is 11.4. The van der Waals surface area contributed by atoms with E-state index in [1.165, 1.54) is 10.5 Å². The van der Waals surface area contributed by atoms with Crippen LogP contribution in [0.3, 0.4) is 0 Å². The smallest absolute Gasteiger partial charge is 0.172 e. The van der Waals surface area contributed by atoms with Crippen molar-refractivity contribution in [3.8, 4) is 0 Å². The van der Waals surface area contributed by atoms with Crippen molar-refractivity contribution < 1.29 is 0 Å². The van der Waals surface area contributed by atoms with Gasteiger partial charge in [0.15, 0.2) is 10.3 Å². The van der Waals surface area contributed by atoms with E-state index in [0.717, 1.165) is 18.1 Å². The minimum Gasteiger partial charge on any atom is -0.376 e. The molecule has 17 heavy (non-hydrogen) atoms. The third kappa shape index (κ3) is 2.79. The first-order valence-corrected chi connectivity index (χ1v) is 6.82. The molecule has 1 heterocycles. The van der Waals surface area contributed by atoms with Crippen LogP contribution in [0.15, 0.2) is 34.2 Å². The van der Waals surface area contributed by atoms with Crippen LogP contribution in [0.2, 0.25) is 0 Å². The molecule has 2 rings (SSSR count). The predicted octanol–water partition coefficient (Wildman–Crippen LogP) is 2.60. The van der Waals surface area contributed by atoms with Gasteiger partial charge in [-0.2, -0.15) is 0 Å². The number of aliphatic imine (C=N–C) groups is 1. The summed E-state index contributed by atoms with van der Waals surface area (Å²) in [5.41, 5.74) is 7.00. The van der Waals surface area contributed by atoms with Gasteiger partial charge in [0, 0.05) is 11.4 Å². The molecule has 1 aliphatic rings. The molecule has 5 heteroatoms. The molecule has 1 aliphatic heterocycles. The Kier molecular flexibility index (Phi) is 4.02. The van der Waals surface area contributed by atoms with Crippen LogP contribution >= 0.6 is 24.0 Å². The van der Waals surface area contributed by atoms with Crippen LogP contribution < -0.4 is 5.73 Å². The second-order valence-electron chi connectivity index (χ2n) is 3.80. The first-order valence-electron chi connectivity index (χ1n) is 5.59. The van der Waals surface area contributed by atoms with Gasteiger partial charge in [-0.15, -0.1) is 0 Å². The van der Waals surface area contributed by atoms with Crippen LogP contribution in [-0.2, 0) is 6.54 Å². The molecule has 90 valence electrons. The average Bonchev–Trinajstić information content (AvgIpc) is 2.35. The zero-order valence-electron chi connectivity index (χ0n) is 9.72. The van der Waals surface area contributed by atoms with Gasteiger partial charge in [-0.25, -0.2) is 0 Å². The van der Waals surface area contributed by atoms with E-state index in [0.29, 0.717) is 11.7 Å². The molecule has 0 bridgehead atoms. The summed E-state index contributed by atoms with van der Waals surface area (Å²) in [5.74, 6) is 0. The largest absolute Gasteiger partial charge is 0.376 e. The highest BCUT2D eigenvalue weighted by Crippen LogP contribution is 2.30. The number of nitrogens with zero attached hydrogens (tertiary/aromatic N) is 2. The highest BCUT2D eigenvalue weighted by atomic mass is 32.2. The molecule has 0 aliphatic carbocycles. The molecular formula is C12H15N3S2. The minimum atomic E-state index is 0.400. The molecule has 3 nitrogen and oxygen atoms in total. The highest BCUT2D eigenvalue weighted by molar-refractivity contribution is 8.14. The van der Waals surface area contributed by atoms with Crippen molar-refractivity contribution >= 4 is 34.3 Å². The predicted molar refractivity (Wildman–Crippen MR) is 77.2 cm³/mol. The molecule has 0 saturated heterocycles. The number of thiocarbonyl (C=S) groups is 1. The van der Waals surface area contributed by atoms with Gasteiger partial charge in [0.05, 0.1) is 6.54 Å². The number of hydrogen-bond donors (Lipinski definition) is 1. The Morgan fingerprint density at radius 1 is 1.53 bits per heavy atom. The maximum Gasteiger partial charge on any atom is 0.172 e. The van der Waals surface area contributed by atoms with E-state index in [-0.39, 0.29) is 0 Å². The lowest BCUT2D eigenvalue weighted by atomic mass is 10.2. The Labute approximate surface area is 111 Å². The number of nitrogens with two attached hydrogens (primary N) is 1. The number of thioether (sulfide) groups is 1. The second kappa shape index (κ2) is 5.51. The Balaban J connectivity index is 2.19. The summed E-state index contributed by atoms with van der Waals surface area (Å²) in [4.78, 5) is 7.71. The normalized spacial score (nSPS) is 13.8. The molecule has 1 aromatic rings. The van der Waals surface area contributed by atoms with E-state index >= 15 is 0 Å². The number of fused-ring (bicyclic) bond motifs is 1. The highest BCUT2D eigenvalue weighted by Gasteiger charge is 2.19. The zero-order chi connectivity index (χ0) is 12.3. The molecule has 0 fully saturated rings. The lowest BCUT2D eigenvalue weighted by molar-refractivity contribution is 0.604. The van der Waals surface area contributed by atoms with Crippen molar-refractivity contribution in [3.63, 3.8) is 0 Å². The molecule has 0 spiro atoms. The molecule has 0 saturated carbocycles. The Hall–Kier alpha value is -1.07. The maximum absolute atomic E-state index is 5.74. The van der Waals surface area contributed by atoms with E-state index in [1.54, 1.807) is 11.8 Å². The molecule has 0 amide bonds. The summed E-state index contributed by atoms with van der Waals surface area (Å²) >= 11 is 6.71. The molecular weight excluding hydrogens is 250 g/mol. The summed E-state index contributed by atoms with van der Waals surface area (Å²) in [6.07, 6.45) is 0.999. The standard InChI is InChI=1S/C12H15N3S2/c1-2-7-15(11(13)16)12-14-8-9-5-3-4-6-10(9)17-12/h3-6H,2,7-8H2,1H3,(H2,13,16). The number of amidine groups is 1. The summed E-state index contributed by atoms with van der Waals surface area (Å²) in [7, 11) is 0. The van der Waals surface area contributed by atoms with Gasteiger partial charge in [-0.3, -0.25) is 9.89 Å². The molecule has 2 N–H and O–H groups in total. The summed E-state index contributed by atoms with van der Waals surface area (Å²) < 4.78 is 0. The summed E-state index contributed by atoms with van der Waals surface area (Å²) in [6, 6.07) is 8.29. The number of rotatable bonds is 2. The van der Waals surface area contributed by atoms with Gasteiger partial charge in [0.1, 0.15) is 0 Å². The topological polar surface area (TPSA) is 41.6 Å². The molecule has 0 aromatic heterocycles. The van der Waals surface area contributed by atoms with Crippen molar-refractivity contribution in [2.24, 2.45) is 10.7 Å². The van der Waals surface area contributed by atoms with Crippen LogP contribution in [0.4, 0.5) is 0 Å². The van der Waals surface area contributed by atoms with Crippen LogP contribution in [0.1, 0.15) is 18.9 Å². The van der Waals surface area contributed by atoms with Crippen LogP contribution in [0, 0.1) is 0 Å². The fraction of sp³-hybridized carbons (Fsp3) is 0.333.